The molecule has 3 heteroatoms. The predicted molar refractivity (Wildman–Crippen MR) is 95.1 cm³/mol. The average Bonchev–Trinajstić information content (AvgIpc) is 2.47. The average molecular weight is 356 g/mol. The van der Waals surface area contributed by atoms with Gasteiger partial charge in [0.2, 0.25) is 0 Å². The molecule has 0 radical (unpaired) electrons. The smallest absolute Gasteiger partial charge is 0.120 e. The van der Waals surface area contributed by atoms with E-state index in [1.807, 2.05) is 6.92 Å². The molecule has 120 valence electrons. The lowest BCUT2D eigenvalue weighted by Crippen LogP contribution is -2.21. The summed E-state index contributed by atoms with van der Waals surface area (Å²) in [4.78, 5) is 0. The molecule has 21 heavy (non-hydrogen) atoms. The Hall–Kier alpha value is -0.540. The maximum Gasteiger partial charge on any atom is 0.120 e. The van der Waals surface area contributed by atoms with Crippen LogP contribution in [-0.2, 0) is 0 Å². The maximum atomic E-state index is 5.56. The molecule has 2 nitrogen and oxygen atoms in total. The van der Waals surface area contributed by atoms with E-state index in [-0.39, 0.29) is 0 Å². The SMILES string of the molecule is CCCCCCCC(NCC)c1ccc(OCC)cc1Br. The van der Waals surface area contributed by atoms with E-state index in [0.717, 1.165) is 16.8 Å². The Morgan fingerprint density at radius 1 is 1.10 bits per heavy atom. The number of halogens is 1. The molecule has 0 saturated carbocycles. The third-order valence-electron chi connectivity index (χ3n) is 3.71. The topological polar surface area (TPSA) is 21.3 Å². The number of hydrogen-bond acceptors (Lipinski definition) is 2. The molecule has 1 rings (SSSR count). The van der Waals surface area contributed by atoms with E-state index in [0.29, 0.717) is 12.6 Å². The Morgan fingerprint density at radius 2 is 1.86 bits per heavy atom. The van der Waals surface area contributed by atoms with E-state index in [4.69, 9.17) is 4.74 Å². The van der Waals surface area contributed by atoms with Crippen molar-refractivity contribution >= 4 is 15.9 Å². The zero-order valence-corrected chi connectivity index (χ0v) is 15.3. The summed E-state index contributed by atoms with van der Waals surface area (Å²) < 4.78 is 6.70. The van der Waals surface area contributed by atoms with Crippen molar-refractivity contribution in [2.45, 2.75) is 65.3 Å². The first kappa shape index (κ1) is 18.5. The summed E-state index contributed by atoms with van der Waals surface area (Å²) >= 11 is 3.70. The summed E-state index contributed by atoms with van der Waals surface area (Å²) in [5.41, 5.74) is 1.34. The van der Waals surface area contributed by atoms with Crippen molar-refractivity contribution in [3.63, 3.8) is 0 Å². The van der Waals surface area contributed by atoms with Gasteiger partial charge < -0.3 is 10.1 Å². The number of hydrogen-bond donors (Lipinski definition) is 1. The van der Waals surface area contributed by atoms with E-state index in [2.05, 4.69) is 53.3 Å². The van der Waals surface area contributed by atoms with Crippen molar-refractivity contribution in [3.8, 4) is 5.75 Å². The Balaban J connectivity index is 2.62. The zero-order chi connectivity index (χ0) is 15.5. The summed E-state index contributed by atoms with van der Waals surface area (Å²) in [6.07, 6.45) is 7.85. The van der Waals surface area contributed by atoms with Gasteiger partial charge in [-0.1, -0.05) is 67.9 Å². The standard InChI is InChI=1S/C18H30BrNO/c1-4-7-8-9-10-11-18(20-5-2)16-13-12-15(21-6-3)14-17(16)19/h12-14,18,20H,4-11H2,1-3H3. The number of unbranched alkanes of at least 4 members (excludes halogenated alkanes) is 4. The van der Waals surface area contributed by atoms with Crippen molar-refractivity contribution in [3.05, 3.63) is 28.2 Å². The van der Waals surface area contributed by atoms with Crippen molar-refractivity contribution in [2.24, 2.45) is 0 Å². The van der Waals surface area contributed by atoms with Crippen molar-refractivity contribution in [2.75, 3.05) is 13.2 Å². The minimum absolute atomic E-state index is 0.432. The van der Waals surface area contributed by atoms with Crippen LogP contribution >= 0.6 is 15.9 Å². The number of benzene rings is 1. The first-order chi connectivity index (χ1) is 10.2. The number of ether oxygens (including phenoxy) is 1. The summed E-state index contributed by atoms with van der Waals surface area (Å²) in [5, 5.41) is 3.61. The van der Waals surface area contributed by atoms with Gasteiger partial charge in [-0.2, -0.15) is 0 Å². The van der Waals surface area contributed by atoms with Gasteiger partial charge >= 0.3 is 0 Å². The second kappa shape index (κ2) is 11.1. The Morgan fingerprint density at radius 3 is 2.48 bits per heavy atom. The van der Waals surface area contributed by atoms with Crippen molar-refractivity contribution in [1.29, 1.82) is 0 Å². The van der Waals surface area contributed by atoms with Gasteiger partial charge in [-0.05, 0) is 37.6 Å². The fraction of sp³-hybridized carbons (Fsp3) is 0.667. The highest BCUT2D eigenvalue weighted by Crippen LogP contribution is 2.30. The molecule has 0 spiro atoms. The lowest BCUT2D eigenvalue weighted by Gasteiger charge is -2.20. The van der Waals surface area contributed by atoms with E-state index >= 15 is 0 Å². The van der Waals surface area contributed by atoms with Crippen molar-refractivity contribution in [1.82, 2.24) is 5.32 Å². The first-order valence-electron chi connectivity index (χ1n) is 8.38. The summed E-state index contributed by atoms with van der Waals surface area (Å²) in [5.74, 6) is 0.936. The van der Waals surface area contributed by atoms with Crippen LogP contribution in [0, 0.1) is 0 Å². The zero-order valence-electron chi connectivity index (χ0n) is 13.8. The summed E-state index contributed by atoms with van der Waals surface area (Å²) in [6.45, 7) is 8.16. The minimum atomic E-state index is 0.432. The van der Waals surface area contributed by atoms with Gasteiger partial charge in [-0.15, -0.1) is 0 Å². The maximum absolute atomic E-state index is 5.56. The lowest BCUT2D eigenvalue weighted by molar-refractivity contribution is 0.339. The molecule has 0 aliphatic carbocycles. The van der Waals surface area contributed by atoms with Gasteiger partial charge in [0, 0.05) is 10.5 Å². The molecule has 0 bridgehead atoms. The van der Waals surface area contributed by atoms with Gasteiger partial charge in [-0.3, -0.25) is 0 Å². The first-order valence-corrected chi connectivity index (χ1v) is 9.17. The minimum Gasteiger partial charge on any atom is -0.494 e. The van der Waals surface area contributed by atoms with Gasteiger partial charge in [-0.25, -0.2) is 0 Å². The van der Waals surface area contributed by atoms with E-state index in [9.17, 15) is 0 Å². The van der Waals surface area contributed by atoms with E-state index in [1.165, 1.54) is 44.1 Å². The van der Waals surface area contributed by atoms with Crippen LogP contribution < -0.4 is 10.1 Å². The van der Waals surface area contributed by atoms with E-state index in [1.54, 1.807) is 0 Å². The molecule has 0 aliphatic heterocycles. The lowest BCUT2D eigenvalue weighted by atomic mass is 9.99. The summed E-state index contributed by atoms with van der Waals surface area (Å²) in [6, 6.07) is 6.78. The molecule has 1 aromatic carbocycles. The quantitative estimate of drug-likeness (QED) is 0.502. The predicted octanol–water partition coefficient (Wildman–Crippen LogP) is 5.86. The highest BCUT2D eigenvalue weighted by molar-refractivity contribution is 9.10. The van der Waals surface area contributed by atoms with Gasteiger partial charge in [0.25, 0.3) is 0 Å². The van der Waals surface area contributed by atoms with Crippen LogP contribution in [0.3, 0.4) is 0 Å². The molecule has 0 amide bonds. The molecular weight excluding hydrogens is 326 g/mol. The molecular formula is C18H30BrNO. The monoisotopic (exact) mass is 355 g/mol. The second-order valence-corrected chi connectivity index (χ2v) is 6.28. The van der Waals surface area contributed by atoms with Crippen LogP contribution in [0.25, 0.3) is 0 Å². The van der Waals surface area contributed by atoms with Crippen LogP contribution in [0.1, 0.15) is 70.9 Å². The van der Waals surface area contributed by atoms with Gasteiger partial charge in [0.05, 0.1) is 6.61 Å². The van der Waals surface area contributed by atoms with Crippen LogP contribution in [0.5, 0.6) is 5.75 Å². The second-order valence-electron chi connectivity index (χ2n) is 5.43. The molecule has 0 fully saturated rings. The van der Waals surface area contributed by atoms with Crippen LogP contribution in [0.15, 0.2) is 22.7 Å². The van der Waals surface area contributed by atoms with Crippen molar-refractivity contribution < 1.29 is 4.74 Å². The fourth-order valence-corrected chi connectivity index (χ4v) is 3.25. The third kappa shape index (κ3) is 6.84. The van der Waals surface area contributed by atoms with Gasteiger partial charge in [0.15, 0.2) is 0 Å². The highest BCUT2D eigenvalue weighted by Gasteiger charge is 2.13. The molecule has 0 heterocycles. The van der Waals surface area contributed by atoms with Crippen LogP contribution in [-0.4, -0.2) is 13.2 Å². The van der Waals surface area contributed by atoms with E-state index < -0.39 is 0 Å². The largest absolute Gasteiger partial charge is 0.494 e. The molecule has 1 N–H and O–H groups in total. The molecule has 0 aromatic heterocycles. The molecule has 0 saturated heterocycles. The molecule has 1 atom stereocenters. The molecule has 1 unspecified atom stereocenters. The van der Waals surface area contributed by atoms with Crippen LogP contribution in [0.4, 0.5) is 0 Å². The third-order valence-corrected chi connectivity index (χ3v) is 4.39. The van der Waals surface area contributed by atoms with Crippen LogP contribution in [0.2, 0.25) is 0 Å². The number of rotatable bonds is 11. The molecule has 0 aliphatic rings. The fourth-order valence-electron chi connectivity index (χ4n) is 2.61. The highest BCUT2D eigenvalue weighted by atomic mass is 79.9. The number of nitrogens with one attached hydrogen (secondary N) is 1. The Labute approximate surface area is 138 Å². The summed E-state index contributed by atoms with van der Waals surface area (Å²) in [7, 11) is 0. The van der Waals surface area contributed by atoms with Gasteiger partial charge in [0.1, 0.15) is 5.75 Å². The normalized spacial score (nSPS) is 12.4. The Kier molecular flexibility index (Phi) is 9.77. The Bertz CT molecular complexity index is 395. The molecule has 1 aromatic rings.